The van der Waals surface area contributed by atoms with E-state index in [0.29, 0.717) is 10.6 Å². The van der Waals surface area contributed by atoms with Gasteiger partial charge in [-0.2, -0.15) is 0 Å². The summed E-state index contributed by atoms with van der Waals surface area (Å²) in [6.45, 7) is 1.88. The molecule has 0 saturated heterocycles. The molecule has 1 amide bonds. The van der Waals surface area contributed by atoms with E-state index in [1.54, 1.807) is 24.3 Å². The Kier molecular flexibility index (Phi) is 6.91. The van der Waals surface area contributed by atoms with Crippen LogP contribution in [-0.4, -0.2) is 20.2 Å². The van der Waals surface area contributed by atoms with E-state index in [4.69, 9.17) is 11.6 Å². The van der Waals surface area contributed by atoms with Crippen molar-refractivity contribution in [3.05, 3.63) is 112 Å². The van der Waals surface area contributed by atoms with Crippen molar-refractivity contribution in [1.29, 1.82) is 0 Å². The fraction of sp³-hybridized carbons (Fsp3) is 0.0833. The Morgan fingerprint density at radius 3 is 2.17 bits per heavy atom. The number of sulfone groups is 1. The highest BCUT2D eigenvalue weighted by Gasteiger charge is 2.14. The Bertz CT molecular complexity index is 1190. The smallest absolute Gasteiger partial charge is 0.252 e. The maximum absolute atomic E-state index is 12.4. The van der Waals surface area contributed by atoms with Gasteiger partial charge in [-0.1, -0.05) is 71.8 Å². The minimum absolute atomic E-state index is 0.166. The van der Waals surface area contributed by atoms with Crippen LogP contribution < -0.4 is 5.32 Å². The van der Waals surface area contributed by atoms with Gasteiger partial charge in [0.2, 0.25) is 0 Å². The van der Waals surface area contributed by atoms with Crippen LogP contribution >= 0.6 is 11.6 Å². The molecule has 0 aliphatic rings. The summed E-state index contributed by atoms with van der Waals surface area (Å²) in [5.41, 5.74) is 6.36. The zero-order chi connectivity index (χ0) is 21.6. The number of nitrogens with one attached hydrogen (secondary N) is 1. The van der Waals surface area contributed by atoms with Gasteiger partial charge >= 0.3 is 0 Å². The molecule has 0 heterocycles. The van der Waals surface area contributed by atoms with Crippen LogP contribution in [0.1, 0.15) is 16.7 Å². The summed E-state index contributed by atoms with van der Waals surface area (Å²) in [6, 6.07) is 23.2. The van der Waals surface area contributed by atoms with Gasteiger partial charge in [0.05, 0.1) is 4.90 Å². The fourth-order valence-corrected chi connectivity index (χ4v) is 3.91. The van der Waals surface area contributed by atoms with Crippen LogP contribution in [0.2, 0.25) is 5.02 Å². The highest BCUT2D eigenvalue weighted by atomic mass is 35.5. The van der Waals surface area contributed by atoms with Gasteiger partial charge in [0, 0.05) is 16.7 Å². The lowest BCUT2D eigenvalue weighted by molar-refractivity contribution is -0.116. The predicted octanol–water partition coefficient (Wildman–Crippen LogP) is 4.78. The van der Waals surface area contributed by atoms with Crippen LogP contribution in [-0.2, 0) is 14.6 Å². The normalized spacial score (nSPS) is 10.7. The van der Waals surface area contributed by atoms with Crippen molar-refractivity contribution >= 4 is 32.9 Å². The number of aryl methyl sites for hydroxylation is 1. The molecule has 1 N–H and O–H groups in total. The average molecular weight is 438 g/mol. The summed E-state index contributed by atoms with van der Waals surface area (Å²) in [7, 11) is -3.62. The van der Waals surface area contributed by atoms with Crippen molar-refractivity contribution < 1.29 is 13.2 Å². The number of carbonyl (C=O) groups is 1. The monoisotopic (exact) mass is 437 g/mol. The predicted molar refractivity (Wildman–Crippen MR) is 120 cm³/mol. The van der Waals surface area contributed by atoms with Crippen molar-refractivity contribution in [2.24, 2.45) is 0 Å². The summed E-state index contributed by atoms with van der Waals surface area (Å²) in [4.78, 5) is 12.4. The van der Waals surface area contributed by atoms with Crippen LogP contribution in [0.4, 0.5) is 0 Å². The quantitative estimate of drug-likeness (QED) is 0.445. The van der Waals surface area contributed by atoms with Gasteiger partial charge in [-0.15, -0.1) is 5.73 Å². The van der Waals surface area contributed by atoms with Crippen molar-refractivity contribution in [3.8, 4) is 0 Å². The molecule has 3 aromatic carbocycles. The number of benzene rings is 3. The van der Waals surface area contributed by atoms with Gasteiger partial charge in [0.1, 0.15) is 5.88 Å². The van der Waals surface area contributed by atoms with Crippen LogP contribution in [0.5, 0.6) is 0 Å². The molecule has 3 aromatic rings. The second-order valence-corrected chi connectivity index (χ2v) is 9.08. The Hall–Kier alpha value is -3.11. The first kappa shape index (κ1) is 21.6. The molecule has 0 atom stereocenters. The maximum atomic E-state index is 12.4. The molecule has 0 aromatic heterocycles. The van der Waals surface area contributed by atoms with Crippen molar-refractivity contribution in [2.75, 3.05) is 5.88 Å². The van der Waals surface area contributed by atoms with E-state index in [-0.39, 0.29) is 4.90 Å². The lowest BCUT2D eigenvalue weighted by atomic mass is 9.99. The molecular formula is C24H20ClNO3S. The number of amides is 1. The van der Waals surface area contributed by atoms with Gasteiger partial charge in [-0.25, -0.2) is 8.42 Å². The topological polar surface area (TPSA) is 63.2 Å². The molecule has 6 heteroatoms. The second kappa shape index (κ2) is 9.59. The molecule has 4 nitrogen and oxygen atoms in total. The first-order valence-corrected chi connectivity index (χ1v) is 11.2. The van der Waals surface area contributed by atoms with Crippen LogP contribution in [0.3, 0.4) is 0 Å². The summed E-state index contributed by atoms with van der Waals surface area (Å²) < 4.78 is 24.8. The van der Waals surface area contributed by atoms with Crippen molar-refractivity contribution in [1.82, 2.24) is 5.32 Å². The van der Waals surface area contributed by atoms with Gasteiger partial charge in [-0.05, 0) is 42.3 Å². The molecule has 30 heavy (non-hydrogen) atoms. The third kappa shape index (κ3) is 5.71. The van der Waals surface area contributed by atoms with Gasteiger partial charge < -0.3 is 5.32 Å². The molecule has 0 spiro atoms. The second-order valence-electron chi connectivity index (χ2n) is 6.65. The van der Waals surface area contributed by atoms with Gasteiger partial charge in [-0.3, -0.25) is 4.79 Å². The van der Waals surface area contributed by atoms with E-state index >= 15 is 0 Å². The summed E-state index contributed by atoms with van der Waals surface area (Å²) >= 11 is 5.97. The highest BCUT2D eigenvalue weighted by Crippen LogP contribution is 2.23. The Balaban J connectivity index is 1.82. The van der Waals surface area contributed by atoms with Crippen molar-refractivity contribution in [3.63, 3.8) is 0 Å². The Labute approximate surface area is 181 Å². The standard InChI is InChI=1S/C24H20ClNO3S/c1-18-7-13-22(14-8-18)30(28,29)17-26-24(27)16-15-23(19-5-3-2-4-6-19)20-9-11-21(25)12-10-20/h2-14,16H,17H2,1H3,(H,26,27). The molecular weight excluding hydrogens is 418 g/mol. The number of rotatable bonds is 6. The Morgan fingerprint density at radius 2 is 1.53 bits per heavy atom. The molecule has 0 fully saturated rings. The largest absolute Gasteiger partial charge is 0.338 e. The van der Waals surface area contributed by atoms with Gasteiger partial charge in [0.25, 0.3) is 5.91 Å². The molecule has 0 saturated carbocycles. The fourth-order valence-electron chi connectivity index (χ4n) is 2.74. The summed E-state index contributed by atoms with van der Waals surface area (Å²) in [5, 5.41) is 3.03. The number of hydrogen-bond acceptors (Lipinski definition) is 3. The van der Waals surface area contributed by atoms with E-state index in [1.165, 1.54) is 18.2 Å². The van der Waals surface area contributed by atoms with Crippen molar-refractivity contribution in [2.45, 2.75) is 11.8 Å². The lowest BCUT2D eigenvalue weighted by Crippen LogP contribution is -2.28. The average Bonchev–Trinajstić information content (AvgIpc) is 2.75. The summed E-state index contributed by atoms with van der Waals surface area (Å²) in [5.74, 6) is -1.04. The highest BCUT2D eigenvalue weighted by molar-refractivity contribution is 7.91. The SMILES string of the molecule is Cc1ccc(S(=O)(=O)CNC(=O)C=C=C(c2ccccc2)c2ccc(Cl)cc2)cc1. The van der Waals surface area contributed by atoms with E-state index in [0.717, 1.165) is 16.7 Å². The minimum atomic E-state index is -3.62. The molecule has 152 valence electrons. The Morgan fingerprint density at radius 1 is 0.933 bits per heavy atom. The molecule has 3 rings (SSSR count). The first-order chi connectivity index (χ1) is 14.3. The zero-order valence-corrected chi connectivity index (χ0v) is 17.9. The van der Waals surface area contributed by atoms with E-state index in [1.807, 2.05) is 49.4 Å². The molecule has 0 bridgehead atoms. The zero-order valence-electron chi connectivity index (χ0n) is 16.3. The first-order valence-electron chi connectivity index (χ1n) is 9.20. The van der Waals surface area contributed by atoms with Gasteiger partial charge in [0.15, 0.2) is 9.84 Å². The third-order valence-electron chi connectivity index (χ3n) is 4.36. The van der Waals surface area contributed by atoms with Crippen LogP contribution in [0.15, 0.2) is 95.6 Å². The van der Waals surface area contributed by atoms with E-state index in [9.17, 15) is 13.2 Å². The molecule has 0 aliphatic carbocycles. The molecule has 0 unspecified atom stereocenters. The van der Waals surface area contributed by atoms with Crippen LogP contribution in [0, 0.1) is 6.92 Å². The number of halogens is 1. The number of carbonyl (C=O) groups excluding carboxylic acids is 1. The van der Waals surface area contributed by atoms with E-state index < -0.39 is 21.6 Å². The summed E-state index contributed by atoms with van der Waals surface area (Å²) in [6.07, 6.45) is 1.21. The maximum Gasteiger partial charge on any atom is 0.252 e. The number of hydrogen-bond donors (Lipinski definition) is 1. The van der Waals surface area contributed by atoms with Crippen LogP contribution in [0.25, 0.3) is 5.57 Å². The molecule has 0 aliphatic heterocycles. The minimum Gasteiger partial charge on any atom is -0.338 e. The lowest BCUT2D eigenvalue weighted by Gasteiger charge is -2.06. The van der Waals surface area contributed by atoms with E-state index in [2.05, 4.69) is 11.0 Å². The third-order valence-corrected chi connectivity index (χ3v) is 6.13. The molecule has 0 radical (unpaired) electrons.